The normalized spacial score (nSPS) is 17.7. The van der Waals surface area contributed by atoms with Crippen molar-refractivity contribution in [2.75, 3.05) is 23.4 Å². The minimum atomic E-state index is -5.14. The molecule has 4 N–H and O–H groups in total. The van der Waals surface area contributed by atoms with E-state index >= 15 is 0 Å². The molecule has 3 atom stereocenters. The molecule has 1 aliphatic heterocycles. The molecule has 0 spiro atoms. The number of halogens is 9. The maximum Gasteiger partial charge on any atom is 0.433 e. The minimum absolute atomic E-state index is 0.0568. The quantitative estimate of drug-likeness (QED) is 0.198. The molecule has 19 heteroatoms. The second-order valence-electron chi connectivity index (χ2n) is 10.5. The number of anilines is 2. The van der Waals surface area contributed by atoms with Crippen LogP contribution in [0.4, 0.5) is 55.9 Å². The van der Waals surface area contributed by atoms with Crippen molar-refractivity contribution in [2.45, 2.75) is 62.9 Å². The number of alkyl halides is 9. The summed E-state index contributed by atoms with van der Waals surface area (Å²) < 4.78 is 127. The lowest BCUT2D eigenvalue weighted by Gasteiger charge is -2.38. The number of aliphatic hydroxyl groups is 2. The van der Waals surface area contributed by atoms with E-state index in [4.69, 9.17) is 9.84 Å². The van der Waals surface area contributed by atoms with Crippen LogP contribution in [0.15, 0.2) is 36.5 Å². The Morgan fingerprint density at radius 1 is 1.02 bits per heavy atom. The molecule has 0 saturated carbocycles. The number of hydrogen-bond acceptors (Lipinski definition) is 8. The lowest BCUT2D eigenvalue weighted by Crippen LogP contribution is -2.45. The number of rotatable bonds is 9. The van der Waals surface area contributed by atoms with Gasteiger partial charge in [0.05, 0.1) is 47.0 Å². The Labute approximate surface area is 259 Å². The van der Waals surface area contributed by atoms with Crippen LogP contribution >= 0.6 is 0 Å². The van der Waals surface area contributed by atoms with Crippen molar-refractivity contribution in [1.82, 2.24) is 15.0 Å². The average molecular weight is 684 g/mol. The van der Waals surface area contributed by atoms with Crippen molar-refractivity contribution < 1.29 is 64.4 Å². The fourth-order valence-corrected chi connectivity index (χ4v) is 4.94. The van der Waals surface area contributed by atoms with Gasteiger partial charge in [-0.25, -0.2) is 19.7 Å². The summed E-state index contributed by atoms with van der Waals surface area (Å²) in [7, 11) is 0. The molecule has 0 saturated heterocycles. The summed E-state index contributed by atoms with van der Waals surface area (Å²) in [5.74, 6) is -0.647. The fraction of sp³-hybridized carbons (Fsp3) is 0.429. The highest BCUT2D eigenvalue weighted by Gasteiger charge is 2.41. The third kappa shape index (κ3) is 8.31. The van der Waals surface area contributed by atoms with E-state index < -0.39 is 84.8 Å². The number of carboxylic acid groups (broad SMARTS) is 1. The monoisotopic (exact) mass is 683 g/mol. The average Bonchev–Trinajstić information content (AvgIpc) is 2.98. The van der Waals surface area contributed by atoms with Crippen LogP contribution in [0.2, 0.25) is 0 Å². The zero-order valence-electron chi connectivity index (χ0n) is 24.1. The first kappa shape index (κ1) is 35.5. The van der Waals surface area contributed by atoms with Crippen LogP contribution in [-0.2, 0) is 24.9 Å². The van der Waals surface area contributed by atoms with Gasteiger partial charge in [-0.2, -0.15) is 39.5 Å². The summed E-state index contributed by atoms with van der Waals surface area (Å²) in [5, 5.41) is 31.3. The van der Waals surface area contributed by atoms with Gasteiger partial charge in [-0.3, -0.25) is 4.90 Å². The number of amides is 1. The molecular weight excluding hydrogens is 657 g/mol. The minimum Gasteiger partial charge on any atom is -0.487 e. The van der Waals surface area contributed by atoms with Crippen LogP contribution in [0.25, 0.3) is 0 Å². The van der Waals surface area contributed by atoms with Crippen molar-refractivity contribution in [1.29, 1.82) is 0 Å². The Bertz CT molecular complexity index is 1570. The van der Waals surface area contributed by atoms with Gasteiger partial charge >= 0.3 is 24.6 Å². The summed E-state index contributed by atoms with van der Waals surface area (Å²) in [6, 6.07) is 0.593. The van der Waals surface area contributed by atoms with Gasteiger partial charge in [0.15, 0.2) is 5.75 Å². The Balaban J connectivity index is 1.79. The first-order valence-corrected chi connectivity index (χ1v) is 13.7. The van der Waals surface area contributed by atoms with Gasteiger partial charge in [0.2, 0.25) is 5.95 Å². The highest BCUT2D eigenvalue weighted by Crippen LogP contribution is 2.41. The van der Waals surface area contributed by atoms with Crippen LogP contribution in [-0.4, -0.2) is 61.7 Å². The first-order chi connectivity index (χ1) is 21.8. The van der Waals surface area contributed by atoms with Crippen LogP contribution in [0.3, 0.4) is 0 Å². The largest absolute Gasteiger partial charge is 0.487 e. The van der Waals surface area contributed by atoms with E-state index in [1.807, 2.05) is 0 Å². The Kier molecular flexibility index (Phi) is 10.1. The number of carbonyl (C=O) groups is 1. The molecule has 47 heavy (non-hydrogen) atoms. The Hall–Kier alpha value is -4.39. The molecule has 0 fully saturated rings. The van der Waals surface area contributed by atoms with Gasteiger partial charge in [-0.05, 0) is 48.7 Å². The molecule has 1 amide bonds. The topological polar surface area (TPSA) is 141 Å². The Morgan fingerprint density at radius 2 is 1.66 bits per heavy atom. The zero-order chi connectivity index (χ0) is 34.9. The molecule has 3 heterocycles. The Morgan fingerprint density at radius 3 is 2.19 bits per heavy atom. The van der Waals surface area contributed by atoms with E-state index in [1.54, 1.807) is 6.92 Å². The zero-order valence-corrected chi connectivity index (χ0v) is 24.1. The summed E-state index contributed by atoms with van der Waals surface area (Å²) in [6.07, 6.45) is -17.7. The molecule has 0 bridgehead atoms. The highest BCUT2D eigenvalue weighted by molar-refractivity contribution is 5.88. The second kappa shape index (κ2) is 13.4. The molecule has 1 unspecified atom stereocenters. The number of benzene rings is 1. The molecule has 0 radical (unpaired) electrons. The van der Waals surface area contributed by atoms with Gasteiger partial charge in [0.25, 0.3) is 0 Å². The van der Waals surface area contributed by atoms with Crippen LogP contribution in [0.1, 0.15) is 59.6 Å². The maximum atomic E-state index is 13.5. The number of nitrogens with zero attached hydrogens (tertiary/aromatic N) is 4. The third-order valence-electron chi connectivity index (χ3n) is 7.13. The van der Waals surface area contributed by atoms with E-state index in [1.165, 1.54) is 0 Å². The van der Waals surface area contributed by atoms with Gasteiger partial charge in [0.1, 0.15) is 18.4 Å². The number of nitrogens with one attached hydrogen (secondary N) is 1. The molecule has 2 aromatic heterocycles. The van der Waals surface area contributed by atoms with E-state index in [-0.39, 0.29) is 47.7 Å². The van der Waals surface area contributed by atoms with Crippen molar-refractivity contribution in [3.63, 3.8) is 0 Å². The summed E-state index contributed by atoms with van der Waals surface area (Å²) in [5.41, 5.74) is -5.75. The predicted octanol–water partition coefficient (Wildman–Crippen LogP) is 6.07. The predicted molar refractivity (Wildman–Crippen MR) is 145 cm³/mol. The maximum absolute atomic E-state index is 13.5. The lowest BCUT2D eigenvalue weighted by atomic mass is 9.93. The molecule has 1 aromatic carbocycles. The molecule has 4 rings (SSSR count). The number of hydrogen-bond donors (Lipinski definition) is 4. The molecule has 3 aromatic rings. The number of fused-ring (bicyclic) bond motifs is 1. The lowest BCUT2D eigenvalue weighted by molar-refractivity contribution is -0.143. The molecule has 256 valence electrons. The molecule has 10 nitrogen and oxygen atoms in total. The summed E-state index contributed by atoms with van der Waals surface area (Å²) in [6.45, 7) is 0.323. The van der Waals surface area contributed by atoms with Crippen molar-refractivity contribution in [3.05, 3.63) is 70.3 Å². The molecule has 0 aliphatic carbocycles. The SMILES string of the molecule is CC[C@@H]1C[C@H](Nc2ncc(OCC(O)CO)c(Cc3cc(C(F)(F)F)cc(C(F)(F)F)c3)n2)c2nc(C(F)(F)F)ccc2N1C(=O)O. The summed E-state index contributed by atoms with van der Waals surface area (Å²) in [4.78, 5) is 24.7. The van der Waals surface area contributed by atoms with E-state index in [0.29, 0.717) is 18.2 Å². The number of aromatic nitrogens is 3. The van der Waals surface area contributed by atoms with Gasteiger partial charge in [0, 0.05) is 12.5 Å². The number of pyridine rings is 1. The van der Waals surface area contributed by atoms with Crippen LogP contribution < -0.4 is 15.0 Å². The fourth-order valence-electron chi connectivity index (χ4n) is 4.94. The van der Waals surface area contributed by atoms with E-state index in [2.05, 4.69) is 20.3 Å². The van der Waals surface area contributed by atoms with Gasteiger partial charge in [-0.15, -0.1) is 0 Å². The van der Waals surface area contributed by atoms with Crippen molar-refractivity contribution >= 4 is 17.7 Å². The van der Waals surface area contributed by atoms with E-state index in [9.17, 15) is 54.5 Å². The van der Waals surface area contributed by atoms with Crippen molar-refractivity contribution in [2.24, 2.45) is 0 Å². The number of ether oxygens (including phenoxy) is 1. The highest BCUT2D eigenvalue weighted by atomic mass is 19.4. The number of aliphatic hydroxyl groups excluding tert-OH is 2. The van der Waals surface area contributed by atoms with Gasteiger partial charge < -0.3 is 25.4 Å². The smallest absolute Gasteiger partial charge is 0.433 e. The van der Waals surface area contributed by atoms with E-state index in [0.717, 1.165) is 17.2 Å². The van der Waals surface area contributed by atoms with Crippen LogP contribution in [0, 0.1) is 0 Å². The standard InChI is InChI=1S/C28H26F9N5O5/c1-2-16-9-19(23-20(42(16)25(45)46)3-4-22(41-23)28(35,36)37)40-24-38-10-21(47-12-17(44)11-43)18(39-24)7-13-5-14(26(29,30)31)8-15(6-13)27(32,33)34/h3-6,8,10,16-17,19,43-44H,2,7,9,11-12H2,1H3,(H,45,46)(H,38,39,40)/t16-,17?,19+/m1/s1. The molecule has 1 aliphatic rings. The van der Waals surface area contributed by atoms with Gasteiger partial charge in [-0.1, -0.05) is 6.92 Å². The summed E-state index contributed by atoms with van der Waals surface area (Å²) >= 11 is 0. The second-order valence-corrected chi connectivity index (χ2v) is 10.5. The third-order valence-corrected chi connectivity index (χ3v) is 7.13. The van der Waals surface area contributed by atoms with Crippen molar-refractivity contribution in [3.8, 4) is 5.75 Å². The molecular formula is C28H26F9N5O5. The van der Waals surface area contributed by atoms with Crippen LogP contribution in [0.5, 0.6) is 5.75 Å². The first-order valence-electron chi connectivity index (χ1n) is 13.7.